The zero-order valence-corrected chi connectivity index (χ0v) is 38.0. The summed E-state index contributed by atoms with van der Waals surface area (Å²) in [5.74, 6) is -0.578. The number of nitrogens with one attached hydrogen (secondary N) is 4. The Morgan fingerprint density at radius 2 is 1.09 bits per heavy atom. The molecule has 0 saturated carbocycles. The van der Waals surface area contributed by atoms with Crippen molar-refractivity contribution in [3.63, 3.8) is 0 Å². The Hall–Kier alpha value is -3.86. The number of anilines is 2. The van der Waals surface area contributed by atoms with Crippen LogP contribution in [0.15, 0.2) is 18.2 Å². The van der Waals surface area contributed by atoms with Crippen LogP contribution in [-0.4, -0.2) is 132 Å². The van der Waals surface area contributed by atoms with Crippen LogP contribution in [0, 0.1) is 12.8 Å². The number of ether oxygens (including phenoxy) is 2. The summed E-state index contributed by atoms with van der Waals surface area (Å²) in [6, 6.07) is 2.01. The van der Waals surface area contributed by atoms with E-state index in [4.69, 9.17) is 9.47 Å². The van der Waals surface area contributed by atoms with Gasteiger partial charge in [-0.3, -0.25) is 0 Å². The van der Waals surface area contributed by atoms with Crippen LogP contribution in [0.5, 0.6) is 0 Å². The third-order valence-corrected chi connectivity index (χ3v) is 12.0. The van der Waals surface area contributed by atoms with Crippen molar-refractivity contribution in [2.45, 2.75) is 71.6 Å². The first kappa shape index (κ1) is 47.5. The molecule has 10 nitrogen and oxygen atoms in total. The number of carbonyl (C=O) groups excluding carboxylic acids is 4. The van der Waals surface area contributed by atoms with E-state index in [9.17, 15) is 19.2 Å². The Balaban J connectivity index is 1.87. The predicted molar refractivity (Wildman–Crippen MR) is 269 cm³/mol. The maximum Gasteiger partial charge on any atom is 0.329 e. The van der Waals surface area contributed by atoms with Crippen LogP contribution < -0.4 is 75.9 Å². The van der Waals surface area contributed by atoms with E-state index in [1.807, 2.05) is 42.7 Å². The molecule has 0 aliphatic carbocycles. The van der Waals surface area contributed by atoms with Gasteiger partial charge in [0, 0.05) is 24.2 Å². The van der Waals surface area contributed by atoms with Gasteiger partial charge < -0.3 is 30.7 Å². The molecule has 21 heteroatoms. The zero-order valence-electron chi connectivity index (χ0n) is 37.2. The lowest BCUT2D eigenvalue weighted by Gasteiger charge is -2.30. The smallest absolute Gasteiger partial charge is 0.329 e. The van der Waals surface area contributed by atoms with Crippen molar-refractivity contribution in [3.8, 4) is 0 Å². The predicted octanol–water partition coefficient (Wildman–Crippen LogP) is -10.7. The van der Waals surface area contributed by atoms with E-state index in [2.05, 4.69) is 97.9 Å². The standard InChI is InChI=1S/C36H56B10N4O6S/c1-14(2)12-36(4,5)56-33(52)21(11-18-24(39)28(43)31(46)29(44)25(18)40)50-35(54)48-19-9-16(8-7-15(19)3)47-34(53)49-20(32(51)55-13-57-6)10-17-22(37)26(41)30(45)27(42)23(17)38/h7-9,14,20-21H,10-13,37-46H2,1-6H3,(H2,47,49,53)(H2,48,50,54)/t20-,21-/m0/s1. The fraction of sp³-hybridized carbons (Fsp3) is 0.389. The Morgan fingerprint density at radius 1 is 0.667 bits per heavy atom. The van der Waals surface area contributed by atoms with Gasteiger partial charge in [0.1, 0.15) is 102 Å². The molecule has 0 unspecified atom stereocenters. The summed E-state index contributed by atoms with van der Waals surface area (Å²) in [6.45, 7) is 9.76. The number of hydrogen-bond donors (Lipinski definition) is 4. The summed E-state index contributed by atoms with van der Waals surface area (Å²) in [5.41, 5.74) is 14.2. The fourth-order valence-corrected chi connectivity index (χ4v) is 7.86. The minimum absolute atomic E-state index is 0.162. The first-order valence-electron chi connectivity index (χ1n) is 19.7. The third-order valence-electron chi connectivity index (χ3n) is 11.6. The second-order valence-electron chi connectivity index (χ2n) is 16.6. The monoisotopic (exact) mass is 782 g/mol. The van der Waals surface area contributed by atoms with Gasteiger partial charge in [-0.2, -0.15) is 0 Å². The summed E-state index contributed by atoms with van der Waals surface area (Å²) in [6.07, 6.45) is 3.02. The van der Waals surface area contributed by atoms with Gasteiger partial charge in [-0.05, 0) is 57.1 Å². The number of aryl methyl sites for hydroxylation is 1. The molecule has 0 radical (unpaired) electrons. The maximum atomic E-state index is 13.9. The molecule has 292 valence electrons. The maximum absolute atomic E-state index is 13.9. The second-order valence-corrected chi connectivity index (χ2v) is 17.4. The zero-order chi connectivity index (χ0) is 43.1. The van der Waals surface area contributed by atoms with Crippen LogP contribution >= 0.6 is 11.8 Å². The molecule has 4 N–H and O–H groups in total. The Morgan fingerprint density at radius 3 is 1.53 bits per heavy atom. The SMILES string of the molecule is Bc1c(B)c(B)c(C[C@H](NC(=O)Nc2ccc(C)c(NC(=O)N[C@@H](Cc3c(B)c(B)c(B)c(B)c3B)C(=O)OC(C)(C)CC(C)C)c2)C(=O)OCSC)c(B)c1B. The van der Waals surface area contributed by atoms with Crippen LogP contribution in [0.1, 0.15) is 50.8 Å². The molecule has 57 heavy (non-hydrogen) atoms. The van der Waals surface area contributed by atoms with Gasteiger partial charge in [0.2, 0.25) is 0 Å². The Labute approximate surface area is 353 Å². The van der Waals surface area contributed by atoms with Gasteiger partial charge >= 0.3 is 24.0 Å². The molecular weight excluding hydrogens is 725 g/mol. The minimum Gasteiger partial charge on any atom is -0.458 e. The molecule has 0 bridgehead atoms. The number of urea groups is 2. The lowest BCUT2D eigenvalue weighted by Crippen LogP contribution is -2.58. The van der Waals surface area contributed by atoms with Crippen molar-refractivity contribution in [2.24, 2.45) is 5.92 Å². The van der Waals surface area contributed by atoms with Crippen molar-refractivity contribution < 1.29 is 28.7 Å². The molecule has 0 spiro atoms. The quantitative estimate of drug-likeness (QED) is 0.0685. The number of esters is 2. The topological polar surface area (TPSA) is 135 Å². The highest BCUT2D eigenvalue weighted by Crippen LogP contribution is 2.22. The highest BCUT2D eigenvalue weighted by molar-refractivity contribution is 7.98. The first-order valence-corrected chi connectivity index (χ1v) is 21.1. The van der Waals surface area contributed by atoms with Gasteiger partial charge in [-0.15, -0.1) is 44.5 Å². The normalized spacial score (nSPS) is 12.3. The third kappa shape index (κ3) is 12.3. The van der Waals surface area contributed by atoms with Gasteiger partial charge in [0.05, 0.1) is 0 Å². The van der Waals surface area contributed by atoms with Crippen LogP contribution in [-0.2, 0) is 31.9 Å². The van der Waals surface area contributed by atoms with Crippen molar-refractivity contribution in [1.29, 1.82) is 0 Å². The van der Waals surface area contributed by atoms with E-state index < -0.39 is 41.7 Å². The molecule has 3 aromatic rings. The number of benzene rings is 3. The average molecular weight is 781 g/mol. The lowest BCUT2D eigenvalue weighted by molar-refractivity contribution is -0.160. The molecule has 0 fully saturated rings. The average Bonchev–Trinajstić information content (AvgIpc) is 3.13. The molecular formula is C36H56B10N4O6S. The van der Waals surface area contributed by atoms with Gasteiger partial charge in [0.15, 0.2) is 0 Å². The highest BCUT2D eigenvalue weighted by Gasteiger charge is 2.32. The molecule has 3 aromatic carbocycles. The van der Waals surface area contributed by atoms with Crippen LogP contribution in [0.25, 0.3) is 0 Å². The summed E-state index contributed by atoms with van der Waals surface area (Å²) in [7, 11) is 20.7. The molecule has 3 rings (SSSR count). The van der Waals surface area contributed by atoms with Gasteiger partial charge in [-0.25, -0.2) is 19.2 Å². The largest absolute Gasteiger partial charge is 0.458 e. The molecule has 0 saturated heterocycles. The molecule has 0 aliphatic rings. The van der Waals surface area contributed by atoms with Gasteiger partial charge in [-0.1, -0.05) is 52.9 Å². The van der Waals surface area contributed by atoms with Crippen molar-refractivity contribution >= 4 is 180 Å². The number of thioether (sulfide) groups is 1. The first-order chi connectivity index (χ1) is 26.5. The minimum atomic E-state index is -0.973. The summed E-state index contributed by atoms with van der Waals surface area (Å²) in [4.78, 5) is 54.4. The van der Waals surface area contributed by atoms with Crippen LogP contribution in [0.4, 0.5) is 21.0 Å². The molecule has 0 heterocycles. The number of rotatable bonds is 15. The van der Waals surface area contributed by atoms with Crippen molar-refractivity contribution in [3.05, 3.63) is 34.9 Å². The number of amides is 4. The lowest BCUT2D eigenvalue weighted by atomic mass is 9.60. The molecule has 2 atom stereocenters. The molecule has 4 amide bonds. The number of carbonyl (C=O) groups is 4. The van der Waals surface area contributed by atoms with E-state index in [0.29, 0.717) is 23.7 Å². The molecule has 0 aliphatic heterocycles. The second kappa shape index (κ2) is 20.2. The van der Waals surface area contributed by atoms with Crippen LogP contribution in [0.3, 0.4) is 0 Å². The van der Waals surface area contributed by atoms with E-state index in [1.165, 1.54) is 22.7 Å². The van der Waals surface area contributed by atoms with E-state index >= 15 is 0 Å². The van der Waals surface area contributed by atoms with Crippen LogP contribution in [0.2, 0.25) is 0 Å². The van der Waals surface area contributed by atoms with Gasteiger partial charge in [0.25, 0.3) is 0 Å². The fourth-order valence-electron chi connectivity index (χ4n) is 7.62. The Bertz CT molecular complexity index is 1980. The highest BCUT2D eigenvalue weighted by atomic mass is 32.2. The summed E-state index contributed by atoms with van der Waals surface area (Å²) >= 11 is 1.37. The van der Waals surface area contributed by atoms with E-state index in [1.54, 1.807) is 18.2 Å². The van der Waals surface area contributed by atoms with Crippen molar-refractivity contribution in [1.82, 2.24) is 10.6 Å². The van der Waals surface area contributed by atoms with Crippen molar-refractivity contribution in [2.75, 3.05) is 22.8 Å². The number of hydrogen-bond acceptors (Lipinski definition) is 7. The summed E-state index contributed by atoms with van der Waals surface area (Å²) in [5, 5.41) is 11.4. The Kier molecular flexibility index (Phi) is 16.8. The van der Waals surface area contributed by atoms with E-state index in [0.717, 1.165) is 60.4 Å². The molecule has 0 aromatic heterocycles. The van der Waals surface area contributed by atoms with E-state index in [-0.39, 0.29) is 18.8 Å². The summed E-state index contributed by atoms with van der Waals surface area (Å²) < 4.78 is 11.5.